The van der Waals surface area contributed by atoms with Crippen LogP contribution in [-0.2, 0) is 24.1 Å². The van der Waals surface area contributed by atoms with Crippen molar-refractivity contribution in [1.82, 2.24) is 13.4 Å². The highest BCUT2D eigenvalue weighted by Gasteiger charge is 2.31. The molecule has 154 valence electrons. The summed E-state index contributed by atoms with van der Waals surface area (Å²) in [6, 6.07) is 10.8. The monoisotopic (exact) mass is 498 g/mol. The molecule has 3 aromatic rings. The van der Waals surface area contributed by atoms with Crippen LogP contribution in [0.3, 0.4) is 0 Å². The molecule has 10 heteroatoms. The zero-order valence-electron chi connectivity index (χ0n) is 16.0. The largest absolute Gasteiger partial charge is 0.368 e. The smallest absolute Gasteiger partial charge is 0.328 e. The summed E-state index contributed by atoms with van der Waals surface area (Å²) in [5.74, 6) is 0. The van der Waals surface area contributed by atoms with E-state index in [0.29, 0.717) is 46.7 Å². The number of halogens is 2. The van der Waals surface area contributed by atoms with Gasteiger partial charge in [0.1, 0.15) is 0 Å². The van der Waals surface area contributed by atoms with Gasteiger partial charge < -0.3 is 4.90 Å². The molecule has 1 saturated heterocycles. The van der Waals surface area contributed by atoms with Crippen LogP contribution in [0.1, 0.15) is 0 Å². The lowest BCUT2D eigenvalue weighted by Gasteiger charge is -2.35. The number of hydrogen-bond donors (Lipinski definition) is 0. The number of anilines is 1. The summed E-state index contributed by atoms with van der Waals surface area (Å²) in [6.45, 7) is 1.80. The van der Waals surface area contributed by atoms with Gasteiger partial charge in [-0.1, -0.05) is 23.7 Å². The standard InChI is InChI=1S/C19H20BrClN4O3S/c1-22-16-11-13(20)18(12-17(16)23(2)19(22)26)29(27,28)25-9-7-24(8-10-25)15-6-4-3-5-14(15)21/h3-6,11-12H,7-10H2,1-2H3. The number of hydrogen-bond acceptors (Lipinski definition) is 4. The molecule has 0 unspecified atom stereocenters. The molecule has 1 aliphatic rings. The number of nitrogens with zero attached hydrogens (tertiary/aromatic N) is 4. The maximum Gasteiger partial charge on any atom is 0.328 e. The van der Waals surface area contributed by atoms with Crippen LogP contribution in [0.4, 0.5) is 5.69 Å². The van der Waals surface area contributed by atoms with Crippen LogP contribution in [0, 0.1) is 0 Å². The Bertz CT molecular complexity index is 1260. The Kier molecular flexibility index (Phi) is 5.27. The minimum absolute atomic E-state index is 0.164. The fraction of sp³-hybridized carbons (Fsp3) is 0.316. The van der Waals surface area contributed by atoms with Gasteiger partial charge in [-0.25, -0.2) is 13.2 Å². The van der Waals surface area contributed by atoms with Gasteiger partial charge in [-0.15, -0.1) is 0 Å². The first kappa shape index (κ1) is 20.5. The van der Waals surface area contributed by atoms with Crippen LogP contribution in [0.2, 0.25) is 5.02 Å². The van der Waals surface area contributed by atoms with Crippen LogP contribution in [0.25, 0.3) is 11.0 Å². The second kappa shape index (κ2) is 7.46. The van der Waals surface area contributed by atoms with E-state index >= 15 is 0 Å². The van der Waals surface area contributed by atoms with E-state index in [1.165, 1.54) is 13.4 Å². The summed E-state index contributed by atoms with van der Waals surface area (Å²) in [4.78, 5) is 14.4. The maximum atomic E-state index is 13.3. The Balaban J connectivity index is 1.65. The number of benzene rings is 2. The average molecular weight is 500 g/mol. The van der Waals surface area contributed by atoms with E-state index < -0.39 is 10.0 Å². The zero-order chi connectivity index (χ0) is 20.9. The summed E-state index contributed by atoms with van der Waals surface area (Å²) in [7, 11) is -0.416. The quantitative estimate of drug-likeness (QED) is 0.556. The lowest BCUT2D eigenvalue weighted by atomic mass is 10.2. The summed E-state index contributed by atoms with van der Waals surface area (Å²) in [6.07, 6.45) is 0. The normalized spacial score (nSPS) is 15.9. The topological polar surface area (TPSA) is 67.5 Å². The summed E-state index contributed by atoms with van der Waals surface area (Å²) < 4.78 is 31.5. The van der Waals surface area contributed by atoms with Gasteiger partial charge in [-0.05, 0) is 40.2 Å². The van der Waals surface area contributed by atoms with Crippen molar-refractivity contribution in [2.75, 3.05) is 31.1 Å². The van der Waals surface area contributed by atoms with Gasteiger partial charge in [0.25, 0.3) is 0 Å². The maximum absolute atomic E-state index is 13.3. The van der Waals surface area contributed by atoms with Crippen LogP contribution < -0.4 is 10.6 Å². The number of imidazole rings is 1. The van der Waals surface area contributed by atoms with Gasteiger partial charge in [0.05, 0.1) is 26.6 Å². The number of aryl methyl sites for hydroxylation is 2. The molecule has 2 aromatic carbocycles. The Morgan fingerprint density at radius 2 is 1.55 bits per heavy atom. The van der Waals surface area contributed by atoms with E-state index in [2.05, 4.69) is 20.8 Å². The third kappa shape index (κ3) is 3.39. The minimum Gasteiger partial charge on any atom is -0.368 e. The molecule has 1 aliphatic heterocycles. The van der Waals surface area contributed by atoms with E-state index in [1.54, 1.807) is 26.2 Å². The van der Waals surface area contributed by atoms with E-state index in [9.17, 15) is 13.2 Å². The van der Waals surface area contributed by atoms with Gasteiger partial charge >= 0.3 is 5.69 Å². The minimum atomic E-state index is -3.72. The van der Waals surface area contributed by atoms with Crippen molar-refractivity contribution < 1.29 is 8.42 Å². The first-order chi connectivity index (χ1) is 13.7. The molecule has 0 aliphatic carbocycles. The summed E-state index contributed by atoms with van der Waals surface area (Å²) >= 11 is 9.66. The highest BCUT2D eigenvalue weighted by Crippen LogP contribution is 2.31. The second-order valence-corrected chi connectivity index (χ2v) is 10.2. The molecular formula is C19H20BrClN4O3S. The Morgan fingerprint density at radius 3 is 2.17 bits per heavy atom. The Labute approximate surface area is 182 Å². The Hall–Kier alpha value is -1.81. The van der Waals surface area contributed by atoms with Gasteiger partial charge in [0.15, 0.2) is 0 Å². The van der Waals surface area contributed by atoms with Gasteiger partial charge in [-0.3, -0.25) is 9.13 Å². The molecule has 7 nitrogen and oxygen atoms in total. The highest BCUT2D eigenvalue weighted by atomic mass is 79.9. The number of rotatable bonds is 3. The van der Waals surface area contributed by atoms with E-state index in [0.717, 1.165) is 5.69 Å². The molecule has 1 fully saturated rings. The van der Waals surface area contributed by atoms with Crippen molar-refractivity contribution in [3.8, 4) is 0 Å². The SMILES string of the molecule is Cn1c(=O)n(C)c2cc(S(=O)(=O)N3CCN(c4ccccc4Cl)CC3)c(Br)cc21. The number of fused-ring (bicyclic) bond motifs is 1. The Morgan fingerprint density at radius 1 is 0.966 bits per heavy atom. The molecule has 0 atom stereocenters. The number of piperazine rings is 1. The van der Waals surface area contributed by atoms with Gasteiger partial charge in [0.2, 0.25) is 10.0 Å². The third-order valence-electron chi connectivity index (χ3n) is 5.38. The molecule has 0 spiro atoms. The molecule has 2 heterocycles. The molecule has 0 bridgehead atoms. The predicted octanol–water partition coefficient (Wildman–Crippen LogP) is 2.80. The molecule has 0 amide bonds. The van der Waals surface area contributed by atoms with Crippen molar-refractivity contribution in [3.05, 3.63) is 56.4 Å². The average Bonchev–Trinajstić information content (AvgIpc) is 2.91. The fourth-order valence-electron chi connectivity index (χ4n) is 3.71. The molecule has 29 heavy (non-hydrogen) atoms. The van der Waals surface area contributed by atoms with Crippen LogP contribution in [-0.4, -0.2) is 48.0 Å². The first-order valence-corrected chi connectivity index (χ1v) is 11.7. The predicted molar refractivity (Wildman–Crippen MR) is 118 cm³/mol. The first-order valence-electron chi connectivity index (χ1n) is 9.06. The number of aromatic nitrogens is 2. The molecule has 0 N–H and O–H groups in total. The number of sulfonamides is 1. The summed E-state index contributed by atoms with van der Waals surface area (Å²) in [5.41, 5.74) is 1.96. The van der Waals surface area contributed by atoms with Gasteiger partial charge in [-0.2, -0.15) is 4.31 Å². The molecule has 0 radical (unpaired) electrons. The van der Waals surface area contributed by atoms with Crippen molar-refractivity contribution in [2.45, 2.75) is 4.90 Å². The molecule has 4 rings (SSSR count). The molecule has 1 aromatic heterocycles. The number of para-hydroxylation sites is 1. The van der Waals surface area contributed by atoms with Gasteiger partial charge in [0, 0.05) is 44.7 Å². The van der Waals surface area contributed by atoms with Crippen LogP contribution in [0.5, 0.6) is 0 Å². The van der Waals surface area contributed by atoms with E-state index in [4.69, 9.17) is 11.6 Å². The third-order valence-corrected chi connectivity index (χ3v) is 8.55. The lowest BCUT2D eigenvalue weighted by molar-refractivity contribution is 0.385. The van der Waals surface area contributed by atoms with Crippen molar-refractivity contribution >= 4 is 54.3 Å². The second-order valence-electron chi connectivity index (χ2n) is 7.01. The molecular weight excluding hydrogens is 480 g/mol. The van der Waals surface area contributed by atoms with Crippen molar-refractivity contribution in [1.29, 1.82) is 0 Å². The summed E-state index contributed by atoms with van der Waals surface area (Å²) in [5, 5.41) is 0.655. The van der Waals surface area contributed by atoms with Crippen LogP contribution >= 0.6 is 27.5 Å². The van der Waals surface area contributed by atoms with Crippen molar-refractivity contribution in [2.24, 2.45) is 14.1 Å². The lowest BCUT2D eigenvalue weighted by Crippen LogP contribution is -2.48. The van der Waals surface area contributed by atoms with E-state index in [-0.39, 0.29) is 10.6 Å². The van der Waals surface area contributed by atoms with E-state index in [1.807, 2.05) is 24.3 Å². The van der Waals surface area contributed by atoms with Crippen molar-refractivity contribution in [3.63, 3.8) is 0 Å². The van der Waals surface area contributed by atoms with Crippen LogP contribution in [0.15, 0.2) is 50.6 Å². The zero-order valence-corrected chi connectivity index (χ0v) is 19.1. The highest BCUT2D eigenvalue weighted by molar-refractivity contribution is 9.10. The molecule has 0 saturated carbocycles. The fourth-order valence-corrected chi connectivity index (χ4v) is 6.40.